The number of nitrogens with zero attached hydrogens (tertiary/aromatic N) is 1. The summed E-state index contributed by atoms with van der Waals surface area (Å²) in [5.41, 5.74) is 0.238. The molecule has 3 rings (SSSR count). The summed E-state index contributed by atoms with van der Waals surface area (Å²) in [6, 6.07) is 6.33. The quantitative estimate of drug-likeness (QED) is 0.881. The summed E-state index contributed by atoms with van der Waals surface area (Å²) >= 11 is 1.38. The fraction of sp³-hybridized carbons (Fsp3) is 0.368. The highest BCUT2D eigenvalue weighted by Crippen LogP contribution is 2.23. The lowest BCUT2D eigenvalue weighted by atomic mass is 9.96. The van der Waals surface area contributed by atoms with Crippen LogP contribution < -0.4 is 5.32 Å². The highest BCUT2D eigenvalue weighted by atomic mass is 32.1. The maximum Gasteiger partial charge on any atom is 0.263 e. The van der Waals surface area contributed by atoms with E-state index < -0.39 is 17.7 Å². The van der Waals surface area contributed by atoms with Crippen molar-refractivity contribution in [3.8, 4) is 0 Å². The van der Waals surface area contributed by atoms with Gasteiger partial charge in [-0.1, -0.05) is 12.1 Å². The lowest BCUT2D eigenvalue weighted by Crippen LogP contribution is -2.45. The number of thiophene rings is 1. The number of piperidine rings is 1. The Labute approximate surface area is 154 Å². The molecule has 0 aliphatic carbocycles. The van der Waals surface area contributed by atoms with E-state index >= 15 is 0 Å². The van der Waals surface area contributed by atoms with E-state index in [1.165, 1.54) is 23.5 Å². The second-order valence-corrected chi connectivity index (χ2v) is 7.41. The molecule has 1 N–H and O–H groups in total. The first kappa shape index (κ1) is 18.5. The summed E-state index contributed by atoms with van der Waals surface area (Å²) in [7, 11) is 0. The number of halogens is 2. The molecule has 2 atom stereocenters. The fourth-order valence-electron chi connectivity index (χ4n) is 3.19. The molecule has 4 nitrogen and oxygen atoms in total. The van der Waals surface area contributed by atoms with E-state index in [1.807, 2.05) is 11.4 Å². The summed E-state index contributed by atoms with van der Waals surface area (Å²) in [5.74, 6) is -1.95. The predicted molar refractivity (Wildman–Crippen MR) is 95.9 cm³/mol. The van der Waals surface area contributed by atoms with Gasteiger partial charge in [-0.3, -0.25) is 9.59 Å². The van der Waals surface area contributed by atoms with Crippen LogP contribution in [0.15, 0.2) is 35.7 Å². The molecule has 0 unspecified atom stereocenters. The molecule has 138 valence electrons. The highest BCUT2D eigenvalue weighted by molar-refractivity contribution is 7.12. The van der Waals surface area contributed by atoms with Crippen molar-refractivity contribution in [1.82, 2.24) is 10.2 Å². The minimum absolute atomic E-state index is 0.0601. The smallest absolute Gasteiger partial charge is 0.263 e. The Morgan fingerprint density at radius 2 is 2.12 bits per heavy atom. The van der Waals surface area contributed by atoms with Crippen molar-refractivity contribution in [2.24, 2.45) is 5.92 Å². The summed E-state index contributed by atoms with van der Waals surface area (Å²) in [6.07, 6.45) is 1.42. The maximum atomic E-state index is 13.9. The highest BCUT2D eigenvalue weighted by Gasteiger charge is 2.30. The van der Waals surface area contributed by atoms with Crippen LogP contribution in [0, 0.1) is 17.6 Å². The van der Waals surface area contributed by atoms with E-state index in [0.29, 0.717) is 24.4 Å². The average Bonchev–Trinajstić information content (AvgIpc) is 3.15. The third kappa shape index (κ3) is 4.09. The van der Waals surface area contributed by atoms with Crippen molar-refractivity contribution in [2.75, 3.05) is 13.1 Å². The molecule has 1 aromatic carbocycles. The summed E-state index contributed by atoms with van der Waals surface area (Å²) in [4.78, 5) is 27.4. The molecule has 1 aliphatic heterocycles. The van der Waals surface area contributed by atoms with Gasteiger partial charge in [-0.2, -0.15) is 0 Å². The van der Waals surface area contributed by atoms with Crippen LogP contribution in [0.5, 0.6) is 0 Å². The normalized spacial score (nSPS) is 18.4. The van der Waals surface area contributed by atoms with Crippen molar-refractivity contribution < 1.29 is 18.4 Å². The van der Waals surface area contributed by atoms with Gasteiger partial charge < -0.3 is 10.2 Å². The van der Waals surface area contributed by atoms with Gasteiger partial charge >= 0.3 is 0 Å². The van der Waals surface area contributed by atoms with Crippen molar-refractivity contribution in [3.63, 3.8) is 0 Å². The zero-order chi connectivity index (χ0) is 18.7. The van der Waals surface area contributed by atoms with Crippen LogP contribution in [0.3, 0.4) is 0 Å². The summed E-state index contributed by atoms with van der Waals surface area (Å²) in [5, 5.41) is 4.63. The minimum atomic E-state index is -0.684. The second kappa shape index (κ2) is 7.95. The van der Waals surface area contributed by atoms with Crippen LogP contribution in [-0.4, -0.2) is 29.8 Å². The molecule has 2 heterocycles. The largest absolute Gasteiger partial charge is 0.349 e. The molecule has 1 aromatic heterocycles. The minimum Gasteiger partial charge on any atom is -0.349 e. The van der Waals surface area contributed by atoms with Gasteiger partial charge in [0.1, 0.15) is 11.6 Å². The van der Waals surface area contributed by atoms with E-state index in [2.05, 4.69) is 5.32 Å². The third-order valence-corrected chi connectivity index (χ3v) is 5.46. The molecule has 7 heteroatoms. The van der Waals surface area contributed by atoms with E-state index in [-0.39, 0.29) is 23.3 Å². The molecule has 1 aliphatic rings. The Hall–Kier alpha value is -2.28. The molecule has 0 radical (unpaired) electrons. The van der Waals surface area contributed by atoms with Gasteiger partial charge in [-0.05, 0) is 37.3 Å². The Morgan fingerprint density at radius 1 is 1.31 bits per heavy atom. The van der Waals surface area contributed by atoms with Crippen LogP contribution in [0.4, 0.5) is 8.78 Å². The summed E-state index contributed by atoms with van der Waals surface area (Å²) in [6.45, 7) is 2.63. The Bertz CT molecular complexity index is 795. The van der Waals surface area contributed by atoms with Crippen LogP contribution in [0.25, 0.3) is 0 Å². The fourth-order valence-corrected chi connectivity index (χ4v) is 3.88. The molecule has 2 aromatic rings. The first-order valence-corrected chi connectivity index (χ1v) is 9.42. The molecule has 0 bridgehead atoms. The van der Waals surface area contributed by atoms with Crippen LogP contribution in [0.2, 0.25) is 0 Å². The third-order valence-electron chi connectivity index (χ3n) is 4.60. The Balaban J connectivity index is 1.63. The van der Waals surface area contributed by atoms with E-state index in [1.54, 1.807) is 17.9 Å². The van der Waals surface area contributed by atoms with Crippen molar-refractivity contribution >= 4 is 23.2 Å². The summed E-state index contributed by atoms with van der Waals surface area (Å²) < 4.78 is 26.9. The number of carbonyl (C=O) groups is 2. The molecular formula is C19H20F2N2O2S. The monoisotopic (exact) mass is 378 g/mol. The molecule has 26 heavy (non-hydrogen) atoms. The number of amides is 2. The number of likely N-dealkylation sites (tertiary alicyclic amines) is 1. The second-order valence-electron chi connectivity index (χ2n) is 6.46. The van der Waals surface area contributed by atoms with Gasteiger partial charge in [0.15, 0.2) is 0 Å². The van der Waals surface area contributed by atoms with Crippen LogP contribution in [-0.2, 0) is 4.79 Å². The number of carbonyl (C=O) groups excluding carboxylic acids is 2. The van der Waals surface area contributed by atoms with E-state index in [9.17, 15) is 18.4 Å². The number of nitrogens with one attached hydrogen (secondary N) is 1. The predicted octanol–water partition coefficient (Wildman–Crippen LogP) is 3.76. The van der Waals surface area contributed by atoms with Gasteiger partial charge in [0.25, 0.3) is 5.91 Å². The molecule has 1 fully saturated rings. The van der Waals surface area contributed by atoms with Gasteiger partial charge in [-0.15, -0.1) is 11.3 Å². The first-order chi connectivity index (χ1) is 12.5. The van der Waals surface area contributed by atoms with Gasteiger partial charge in [-0.25, -0.2) is 8.78 Å². The van der Waals surface area contributed by atoms with Crippen molar-refractivity contribution in [3.05, 3.63) is 57.8 Å². The SMILES string of the molecule is C[C@H](NC(=O)[C@H]1CCCN(C(=O)c2cccs2)C1)c1ccc(F)cc1F. The lowest BCUT2D eigenvalue weighted by Gasteiger charge is -2.32. The Kier molecular flexibility index (Phi) is 5.66. The topological polar surface area (TPSA) is 49.4 Å². The molecular weight excluding hydrogens is 358 g/mol. The van der Waals surface area contributed by atoms with Crippen LogP contribution >= 0.6 is 11.3 Å². The van der Waals surface area contributed by atoms with Gasteiger partial charge in [0, 0.05) is 24.7 Å². The molecule has 2 amide bonds. The average molecular weight is 378 g/mol. The van der Waals surface area contributed by atoms with E-state index in [4.69, 9.17) is 0 Å². The number of rotatable bonds is 4. The maximum absolute atomic E-state index is 13.9. The van der Waals surface area contributed by atoms with Crippen LogP contribution in [0.1, 0.15) is 41.0 Å². The van der Waals surface area contributed by atoms with Crippen molar-refractivity contribution in [1.29, 1.82) is 0 Å². The van der Waals surface area contributed by atoms with E-state index in [0.717, 1.165) is 12.5 Å². The molecule has 0 spiro atoms. The van der Waals surface area contributed by atoms with Gasteiger partial charge in [0.2, 0.25) is 5.91 Å². The zero-order valence-corrected chi connectivity index (χ0v) is 15.2. The standard InChI is InChI=1S/C19H20F2N2O2S/c1-12(15-7-6-14(20)10-16(15)21)22-18(24)13-4-2-8-23(11-13)19(25)17-5-3-9-26-17/h3,5-7,9-10,12-13H,2,4,8,11H2,1H3,(H,22,24)/t12-,13-/m0/s1. The number of hydrogen-bond donors (Lipinski definition) is 1. The molecule has 1 saturated heterocycles. The van der Waals surface area contributed by atoms with Gasteiger partial charge in [0.05, 0.1) is 16.8 Å². The lowest BCUT2D eigenvalue weighted by molar-refractivity contribution is -0.127. The number of hydrogen-bond acceptors (Lipinski definition) is 3. The number of benzene rings is 1. The Morgan fingerprint density at radius 3 is 2.81 bits per heavy atom. The first-order valence-electron chi connectivity index (χ1n) is 8.54. The zero-order valence-electron chi connectivity index (χ0n) is 14.4. The molecule has 0 saturated carbocycles. The van der Waals surface area contributed by atoms with Crippen molar-refractivity contribution in [2.45, 2.75) is 25.8 Å².